The summed E-state index contributed by atoms with van der Waals surface area (Å²) in [6.45, 7) is 3.08. The summed E-state index contributed by atoms with van der Waals surface area (Å²) in [5.74, 6) is -0.942. The molecule has 0 unspecified atom stereocenters. The van der Waals surface area contributed by atoms with Crippen LogP contribution in [0.25, 0.3) is 6.08 Å². The zero-order chi connectivity index (χ0) is 20.6. The zero-order valence-electron chi connectivity index (χ0n) is 16.1. The molecule has 0 bridgehead atoms. The van der Waals surface area contributed by atoms with Crippen molar-refractivity contribution >= 4 is 29.3 Å². The van der Waals surface area contributed by atoms with Gasteiger partial charge in [0.15, 0.2) is 0 Å². The molecule has 29 heavy (non-hydrogen) atoms. The molecule has 2 aromatic rings. The van der Waals surface area contributed by atoms with Gasteiger partial charge in [-0.3, -0.25) is 4.79 Å². The van der Waals surface area contributed by atoms with Crippen LogP contribution in [0.15, 0.2) is 54.1 Å². The number of rotatable bonds is 5. The summed E-state index contributed by atoms with van der Waals surface area (Å²) in [4.78, 5) is 26.1. The van der Waals surface area contributed by atoms with Crippen molar-refractivity contribution in [1.82, 2.24) is 0 Å². The predicted molar refractivity (Wildman–Crippen MR) is 109 cm³/mol. The van der Waals surface area contributed by atoms with E-state index < -0.39 is 11.9 Å². The number of hydrogen-bond acceptors (Lipinski definition) is 6. The molecule has 1 heterocycles. The van der Waals surface area contributed by atoms with Crippen molar-refractivity contribution in [2.75, 3.05) is 43.6 Å². The fourth-order valence-electron chi connectivity index (χ4n) is 2.92. The van der Waals surface area contributed by atoms with Crippen LogP contribution in [0, 0.1) is 11.3 Å². The molecule has 0 spiro atoms. The van der Waals surface area contributed by atoms with E-state index >= 15 is 0 Å². The van der Waals surface area contributed by atoms with Crippen LogP contribution in [0.4, 0.5) is 11.4 Å². The number of esters is 1. The number of ether oxygens (including phenoxy) is 2. The van der Waals surface area contributed by atoms with Crippen LogP contribution in [0.2, 0.25) is 0 Å². The van der Waals surface area contributed by atoms with Gasteiger partial charge in [-0.2, -0.15) is 5.26 Å². The van der Waals surface area contributed by atoms with Gasteiger partial charge in [0, 0.05) is 24.5 Å². The molecule has 0 saturated carbocycles. The second kappa shape index (κ2) is 9.53. The monoisotopic (exact) mass is 391 g/mol. The van der Waals surface area contributed by atoms with Crippen LogP contribution in [0.5, 0.6) is 0 Å². The molecule has 1 saturated heterocycles. The van der Waals surface area contributed by atoms with E-state index in [0.29, 0.717) is 30.0 Å². The number of hydrogen-bond donors (Lipinski definition) is 1. The number of carbonyl (C=O) groups excluding carboxylic acids is 2. The molecule has 2 aromatic carbocycles. The summed E-state index contributed by atoms with van der Waals surface area (Å²) in [7, 11) is 1.31. The van der Waals surface area contributed by atoms with Crippen LogP contribution < -0.4 is 10.2 Å². The Kier molecular flexibility index (Phi) is 6.61. The molecule has 1 N–H and O–H groups in total. The molecule has 0 aliphatic carbocycles. The number of carbonyl (C=O) groups is 2. The summed E-state index contributed by atoms with van der Waals surface area (Å²) in [6, 6.07) is 15.9. The number of morpholine rings is 1. The summed E-state index contributed by atoms with van der Waals surface area (Å²) in [5, 5.41) is 12.1. The highest BCUT2D eigenvalue weighted by atomic mass is 16.5. The van der Waals surface area contributed by atoms with Gasteiger partial charge in [-0.1, -0.05) is 12.1 Å². The maximum Gasteiger partial charge on any atom is 0.337 e. The van der Waals surface area contributed by atoms with Crippen molar-refractivity contribution in [3.63, 3.8) is 0 Å². The highest BCUT2D eigenvalue weighted by molar-refractivity contribution is 6.09. The van der Waals surface area contributed by atoms with E-state index in [0.717, 1.165) is 18.8 Å². The summed E-state index contributed by atoms with van der Waals surface area (Å²) in [5.41, 5.74) is 2.66. The Morgan fingerprint density at radius 1 is 1.10 bits per heavy atom. The van der Waals surface area contributed by atoms with Crippen LogP contribution in [-0.4, -0.2) is 45.3 Å². The molecule has 1 fully saturated rings. The number of amides is 1. The van der Waals surface area contributed by atoms with E-state index in [1.165, 1.54) is 13.2 Å². The van der Waals surface area contributed by atoms with Gasteiger partial charge in [-0.15, -0.1) is 0 Å². The van der Waals surface area contributed by atoms with E-state index in [1.807, 2.05) is 30.3 Å². The zero-order valence-corrected chi connectivity index (χ0v) is 16.1. The fourth-order valence-corrected chi connectivity index (χ4v) is 2.92. The average Bonchev–Trinajstić information content (AvgIpc) is 2.78. The van der Waals surface area contributed by atoms with Crippen molar-refractivity contribution in [3.8, 4) is 6.07 Å². The molecular weight excluding hydrogens is 370 g/mol. The SMILES string of the molecule is COC(=O)c1ccc(C=C(C#N)C(=O)Nc2ccc(N3CCOCC3)cc2)cc1. The lowest BCUT2D eigenvalue weighted by atomic mass is 10.1. The van der Waals surface area contributed by atoms with E-state index in [9.17, 15) is 14.9 Å². The first-order chi connectivity index (χ1) is 14.1. The van der Waals surface area contributed by atoms with Gasteiger partial charge >= 0.3 is 5.97 Å². The number of nitrogens with one attached hydrogen (secondary N) is 1. The normalized spacial score (nSPS) is 14.1. The van der Waals surface area contributed by atoms with Gasteiger partial charge in [0.05, 0.1) is 25.9 Å². The maximum atomic E-state index is 12.5. The fraction of sp³-hybridized carbons (Fsp3) is 0.227. The summed E-state index contributed by atoms with van der Waals surface area (Å²) in [6.07, 6.45) is 1.47. The van der Waals surface area contributed by atoms with Crippen molar-refractivity contribution < 1.29 is 19.1 Å². The number of nitrogens with zero attached hydrogens (tertiary/aromatic N) is 2. The lowest BCUT2D eigenvalue weighted by Crippen LogP contribution is -2.36. The quantitative estimate of drug-likeness (QED) is 0.479. The molecule has 1 amide bonds. The summed E-state index contributed by atoms with van der Waals surface area (Å²) < 4.78 is 10.0. The number of benzene rings is 2. The van der Waals surface area contributed by atoms with Crippen molar-refractivity contribution in [2.24, 2.45) is 0 Å². The Bertz CT molecular complexity index is 938. The van der Waals surface area contributed by atoms with Gasteiger partial charge < -0.3 is 19.7 Å². The molecule has 7 heteroatoms. The molecule has 7 nitrogen and oxygen atoms in total. The van der Waals surface area contributed by atoms with Gasteiger partial charge in [-0.25, -0.2) is 4.79 Å². The molecule has 1 aliphatic heterocycles. The first kappa shape index (κ1) is 20.1. The molecule has 0 aromatic heterocycles. The number of methoxy groups -OCH3 is 1. The Labute approximate surface area is 169 Å². The Hall–Kier alpha value is -3.63. The van der Waals surface area contributed by atoms with E-state index in [4.69, 9.17) is 4.74 Å². The van der Waals surface area contributed by atoms with Crippen LogP contribution >= 0.6 is 0 Å². The minimum absolute atomic E-state index is 0.0342. The topological polar surface area (TPSA) is 91.7 Å². The van der Waals surface area contributed by atoms with Crippen molar-refractivity contribution in [2.45, 2.75) is 0 Å². The van der Waals surface area contributed by atoms with Gasteiger partial charge in [0.25, 0.3) is 5.91 Å². The minimum Gasteiger partial charge on any atom is -0.465 e. The van der Waals surface area contributed by atoms with Crippen molar-refractivity contribution in [1.29, 1.82) is 5.26 Å². The third-order valence-corrected chi connectivity index (χ3v) is 4.51. The van der Waals surface area contributed by atoms with E-state index in [2.05, 4.69) is 15.0 Å². The summed E-state index contributed by atoms with van der Waals surface area (Å²) >= 11 is 0. The second-order valence-electron chi connectivity index (χ2n) is 6.38. The molecule has 0 radical (unpaired) electrons. The Balaban J connectivity index is 1.67. The number of anilines is 2. The molecule has 0 atom stereocenters. The average molecular weight is 391 g/mol. The van der Waals surface area contributed by atoms with E-state index in [-0.39, 0.29) is 5.57 Å². The van der Waals surface area contributed by atoms with Gasteiger partial charge in [0.2, 0.25) is 0 Å². The van der Waals surface area contributed by atoms with E-state index in [1.54, 1.807) is 24.3 Å². The van der Waals surface area contributed by atoms with Gasteiger partial charge in [-0.05, 0) is 48.0 Å². The highest BCUT2D eigenvalue weighted by Gasteiger charge is 2.13. The molecule has 1 aliphatic rings. The van der Waals surface area contributed by atoms with Gasteiger partial charge in [0.1, 0.15) is 11.6 Å². The minimum atomic E-state index is -0.497. The Morgan fingerprint density at radius 3 is 2.34 bits per heavy atom. The molecule has 148 valence electrons. The lowest BCUT2D eigenvalue weighted by molar-refractivity contribution is -0.112. The molecular formula is C22H21N3O4. The third kappa shape index (κ3) is 5.21. The molecule has 3 rings (SSSR count). The second-order valence-corrected chi connectivity index (χ2v) is 6.38. The van der Waals surface area contributed by atoms with Crippen LogP contribution in [0.1, 0.15) is 15.9 Å². The van der Waals surface area contributed by atoms with Crippen molar-refractivity contribution in [3.05, 3.63) is 65.2 Å². The lowest BCUT2D eigenvalue weighted by Gasteiger charge is -2.28. The number of nitriles is 1. The van der Waals surface area contributed by atoms with Crippen LogP contribution in [-0.2, 0) is 14.3 Å². The van der Waals surface area contributed by atoms with Crippen LogP contribution in [0.3, 0.4) is 0 Å². The maximum absolute atomic E-state index is 12.5. The largest absolute Gasteiger partial charge is 0.465 e. The smallest absolute Gasteiger partial charge is 0.337 e. The standard InChI is InChI=1S/C22H21N3O4/c1-28-22(27)17-4-2-16(3-5-17)14-18(15-23)21(26)24-19-6-8-20(9-7-19)25-10-12-29-13-11-25/h2-9,14H,10-13H2,1H3,(H,24,26). The predicted octanol–water partition coefficient (Wildman–Crippen LogP) is 2.86. The first-order valence-corrected chi connectivity index (χ1v) is 9.15. The third-order valence-electron chi connectivity index (χ3n) is 4.51. The Morgan fingerprint density at radius 2 is 1.76 bits per heavy atom. The first-order valence-electron chi connectivity index (χ1n) is 9.15. The highest BCUT2D eigenvalue weighted by Crippen LogP contribution is 2.20.